The predicted molar refractivity (Wildman–Crippen MR) is 190 cm³/mol. The van der Waals surface area contributed by atoms with E-state index in [1.807, 2.05) is 22.7 Å². The third kappa shape index (κ3) is 4.68. The number of aryl methyl sites for hydroxylation is 1. The van der Waals surface area contributed by atoms with Crippen LogP contribution in [-0.2, 0) is 6.42 Å². The van der Waals surface area contributed by atoms with Crippen molar-refractivity contribution in [3.05, 3.63) is 109 Å². The molecule has 0 radical (unpaired) electrons. The van der Waals surface area contributed by atoms with Crippen LogP contribution in [0.3, 0.4) is 0 Å². The fraction of sp³-hybridized carbons (Fsp3) is 0.200. The number of thiophene rings is 2. The second-order valence-corrected chi connectivity index (χ2v) is 14.0. The van der Waals surface area contributed by atoms with E-state index in [4.69, 9.17) is 0 Å². The minimum atomic E-state index is 1.19. The topological polar surface area (TPSA) is 0 Å². The summed E-state index contributed by atoms with van der Waals surface area (Å²) < 4.78 is 5.53. The zero-order valence-corrected chi connectivity index (χ0v) is 25.7. The highest BCUT2D eigenvalue weighted by Crippen LogP contribution is 2.44. The average molecular weight is 579 g/mol. The lowest BCUT2D eigenvalue weighted by molar-refractivity contribution is 0.607. The minimum Gasteiger partial charge on any atom is -0.135 e. The summed E-state index contributed by atoms with van der Waals surface area (Å²) in [6.07, 6.45) is 9.30. The van der Waals surface area contributed by atoms with Gasteiger partial charge in [-0.25, -0.2) is 0 Å². The molecule has 6 aromatic carbocycles. The number of rotatable bonds is 8. The van der Waals surface area contributed by atoms with Crippen molar-refractivity contribution in [1.82, 2.24) is 0 Å². The van der Waals surface area contributed by atoms with E-state index in [0.717, 1.165) is 0 Å². The fourth-order valence-electron chi connectivity index (χ4n) is 6.65. The standard InChI is InChI=1S/C40H34S2/c1-2-3-4-5-6-8-11-26-14-15-29-20-33-35-24-40-36(25-39(35)41-37(33)22-31(29)18-26)34-21-30-17-16-28(27-12-9-7-10-13-27)19-32(30)23-38(34)42-40/h7,9-10,12-25H,2-6,8,11H2,1H3. The van der Waals surface area contributed by atoms with Crippen LogP contribution in [0, 0.1) is 0 Å². The zero-order valence-electron chi connectivity index (χ0n) is 24.1. The van der Waals surface area contributed by atoms with Crippen molar-refractivity contribution in [2.24, 2.45) is 0 Å². The molecular formula is C40H34S2. The van der Waals surface area contributed by atoms with Gasteiger partial charge in [0.2, 0.25) is 0 Å². The molecule has 0 aliphatic rings. The van der Waals surface area contributed by atoms with Gasteiger partial charge in [0.25, 0.3) is 0 Å². The Kier molecular flexibility index (Phi) is 6.70. The van der Waals surface area contributed by atoms with Crippen molar-refractivity contribution in [2.45, 2.75) is 51.9 Å². The van der Waals surface area contributed by atoms with Gasteiger partial charge in [-0.1, -0.05) is 99.7 Å². The number of benzene rings is 6. The molecule has 2 aromatic heterocycles. The molecule has 8 rings (SSSR count). The lowest BCUT2D eigenvalue weighted by Gasteiger charge is -2.05. The van der Waals surface area contributed by atoms with E-state index in [9.17, 15) is 0 Å². The SMILES string of the molecule is CCCCCCCCc1ccc2cc3c(cc2c1)sc1cc2c(cc13)sc1cc3cc(-c4ccccc4)ccc3cc12. The molecular weight excluding hydrogens is 545 g/mol. The highest BCUT2D eigenvalue weighted by molar-refractivity contribution is 7.27. The maximum absolute atomic E-state index is 2.45. The van der Waals surface area contributed by atoms with Crippen LogP contribution in [0.2, 0.25) is 0 Å². The van der Waals surface area contributed by atoms with E-state index in [1.165, 1.54) is 124 Å². The van der Waals surface area contributed by atoms with E-state index in [1.54, 1.807) is 0 Å². The molecule has 206 valence electrons. The molecule has 42 heavy (non-hydrogen) atoms. The summed E-state index contributed by atoms with van der Waals surface area (Å²) in [6, 6.07) is 39.3. The molecule has 0 nitrogen and oxygen atoms in total. The molecule has 0 saturated heterocycles. The van der Waals surface area contributed by atoms with Crippen LogP contribution >= 0.6 is 22.7 Å². The quantitative estimate of drug-likeness (QED) is 0.157. The molecule has 0 saturated carbocycles. The van der Waals surface area contributed by atoms with Crippen LogP contribution in [0.5, 0.6) is 0 Å². The molecule has 2 heterocycles. The third-order valence-electron chi connectivity index (χ3n) is 8.97. The summed E-state index contributed by atoms with van der Waals surface area (Å²) in [5.41, 5.74) is 4.02. The van der Waals surface area contributed by atoms with Crippen LogP contribution in [-0.4, -0.2) is 0 Å². The Bertz CT molecular complexity index is 2230. The summed E-state index contributed by atoms with van der Waals surface area (Å²) >= 11 is 3.87. The van der Waals surface area contributed by atoms with Gasteiger partial charge >= 0.3 is 0 Å². The number of hydrogen-bond donors (Lipinski definition) is 0. The van der Waals surface area contributed by atoms with Gasteiger partial charge in [0.15, 0.2) is 0 Å². The molecule has 2 heteroatoms. The Balaban J connectivity index is 1.16. The van der Waals surface area contributed by atoms with Gasteiger partial charge in [0, 0.05) is 40.3 Å². The molecule has 0 unspecified atom stereocenters. The van der Waals surface area contributed by atoms with Gasteiger partial charge in [0.1, 0.15) is 0 Å². The van der Waals surface area contributed by atoms with Crippen LogP contribution in [0.25, 0.3) is 73.0 Å². The summed E-state index contributed by atoms with van der Waals surface area (Å²) in [5, 5.41) is 10.9. The van der Waals surface area contributed by atoms with Crippen molar-refractivity contribution in [3.8, 4) is 11.1 Å². The Labute approximate surface area is 255 Å². The van der Waals surface area contributed by atoms with Crippen molar-refractivity contribution in [1.29, 1.82) is 0 Å². The van der Waals surface area contributed by atoms with Gasteiger partial charge in [0.05, 0.1) is 0 Å². The van der Waals surface area contributed by atoms with Gasteiger partial charge in [-0.15, -0.1) is 22.7 Å². The smallest absolute Gasteiger partial charge is 0.0362 e. The van der Waals surface area contributed by atoms with Gasteiger partial charge in [-0.3, -0.25) is 0 Å². The van der Waals surface area contributed by atoms with Crippen molar-refractivity contribution >= 4 is 84.6 Å². The summed E-state index contributed by atoms with van der Waals surface area (Å²) in [7, 11) is 0. The van der Waals surface area contributed by atoms with Crippen molar-refractivity contribution in [3.63, 3.8) is 0 Å². The highest BCUT2D eigenvalue weighted by atomic mass is 32.1. The monoisotopic (exact) mass is 578 g/mol. The first-order valence-electron chi connectivity index (χ1n) is 15.5. The van der Waals surface area contributed by atoms with E-state index in [-0.39, 0.29) is 0 Å². The van der Waals surface area contributed by atoms with Crippen LogP contribution in [0.15, 0.2) is 103 Å². The average Bonchev–Trinajstić information content (AvgIpc) is 3.55. The van der Waals surface area contributed by atoms with Crippen molar-refractivity contribution in [2.75, 3.05) is 0 Å². The largest absolute Gasteiger partial charge is 0.135 e. The number of fused-ring (bicyclic) bond motifs is 8. The maximum atomic E-state index is 2.45. The van der Waals surface area contributed by atoms with Gasteiger partial charge < -0.3 is 0 Å². The summed E-state index contributed by atoms with van der Waals surface area (Å²) in [6.45, 7) is 2.29. The van der Waals surface area contributed by atoms with Crippen LogP contribution in [0.1, 0.15) is 51.0 Å². The molecule has 8 aromatic rings. The zero-order chi connectivity index (χ0) is 28.0. The van der Waals surface area contributed by atoms with Crippen molar-refractivity contribution < 1.29 is 0 Å². The van der Waals surface area contributed by atoms with E-state index in [2.05, 4.69) is 110 Å². The first kappa shape index (κ1) is 25.9. The first-order chi connectivity index (χ1) is 20.7. The second kappa shape index (κ2) is 10.8. The second-order valence-electron chi connectivity index (χ2n) is 11.9. The summed E-state index contributed by atoms with van der Waals surface area (Å²) in [5.74, 6) is 0. The minimum absolute atomic E-state index is 1.19. The molecule has 0 atom stereocenters. The fourth-order valence-corrected chi connectivity index (χ4v) is 8.97. The highest BCUT2D eigenvalue weighted by Gasteiger charge is 2.13. The summed E-state index contributed by atoms with van der Waals surface area (Å²) in [4.78, 5) is 0. The molecule has 0 N–H and O–H groups in total. The lowest BCUT2D eigenvalue weighted by atomic mass is 9.99. The number of unbranched alkanes of at least 4 members (excludes halogenated alkanes) is 5. The van der Waals surface area contributed by atoms with E-state index in [0.29, 0.717) is 0 Å². The van der Waals surface area contributed by atoms with E-state index < -0.39 is 0 Å². The van der Waals surface area contributed by atoms with Crippen LogP contribution < -0.4 is 0 Å². The van der Waals surface area contributed by atoms with Crippen LogP contribution in [0.4, 0.5) is 0 Å². The van der Waals surface area contributed by atoms with Gasteiger partial charge in [-0.2, -0.15) is 0 Å². The number of hydrogen-bond acceptors (Lipinski definition) is 2. The molecule has 0 bridgehead atoms. The first-order valence-corrected chi connectivity index (χ1v) is 17.1. The van der Waals surface area contributed by atoms with Gasteiger partial charge in [-0.05, 0) is 93.5 Å². The Hall–Kier alpha value is -3.72. The maximum Gasteiger partial charge on any atom is 0.0362 e. The molecule has 0 amide bonds. The lowest BCUT2D eigenvalue weighted by Crippen LogP contribution is -1.87. The molecule has 0 aliphatic heterocycles. The normalized spacial score (nSPS) is 12.1. The van der Waals surface area contributed by atoms with E-state index >= 15 is 0 Å². The Morgan fingerprint density at radius 2 is 1.00 bits per heavy atom. The molecule has 0 spiro atoms. The predicted octanol–water partition coefficient (Wildman–Crippen LogP) is 13.3. The molecule has 0 aliphatic carbocycles. The molecule has 0 fully saturated rings. The Morgan fingerprint density at radius 3 is 1.69 bits per heavy atom. The Morgan fingerprint density at radius 1 is 0.429 bits per heavy atom. The third-order valence-corrected chi connectivity index (χ3v) is 11.2.